The van der Waals surface area contributed by atoms with Crippen LogP contribution in [0.4, 0.5) is 0 Å². The third-order valence-electron chi connectivity index (χ3n) is 1.94. The van der Waals surface area contributed by atoms with Gasteiger partial charge in [0.05, 0.1) is 10.7 Å². The van der Waals surface area contributed by atoms with E-state index in [1.165, 1.54) is 6.20 Å². The topological polar surface area (TPSA) is 72.6 Å². The molecule has 2 aromatic rings. The number of halogens is 1. The minimum Gasteiger partial charge on any atom is -0.484 e. The quantitative estimate of drug-likeness (QED) is 0.939. The Labute approximate surface area is 105 Å². The van der Waals surface area contributed by atoms with Gasteiger partial charge in [0.1, 0.15) is 12.4 Å². The largest absolute Gasteiger partial charge is 0.484 e. The number of nitrogens with zero attached hydrogens (tertiary/aromatic N) is 1. The Balaban J connectivity index is 2.02. The van der Waals surface area contributed by atoms with E-state index in [2.05, 4.69) is 20.9 Å². The van der Waals surface area contributed by atoms with Gasteiger partial charge in [-0.1, -0.05) is 12.1 Å². The van der Waals surface area contributed by atoms with E-state index in [4.69, 9.17) is 14.3 Å². The number of oxazole rings is 1. The SMILES string of the molecule is O=C(O)c1ncc(COc2ccccc2Br)o1. The molecule has 0 saturated heterocycles. The van der Waals surface area contributed by atoms with Crippen LogP contribution in [0.3, 0.4) is 0 Å². The van der Waals surface area contributed by atoms with Gasteiger partial charge in [0, 0.05) is 0 Å². The van der Waals surface area contributed by atoms with Gasteiger partial charge in [0.2, 0.25) is 0 Å². The Hall–Kier alpha value is -1.82. The molecular formula is C11H8BrNO4. The number of hydrogen-bond donors (Lipinski definition) is 1. The van der Waals surface area contributed by atoms with Gasteiger partial charge in [-0.05, 0) is 28.1 Å². The van der Waals surface area contributed by atoms with Crippen LogP contribution in [0.15, 0.2) is 39.4 Å². The predicted octanol–water partition coefficient (Wildman–Crippen LogP) is 2.71. The van der Waals surface area contributed by atoms with Crippen LogP contribution < -0.4 is 4.74 Å². The lowest BCUT2D eigenvalue weighted by Gasteiger charge is -2.05. The second-order valence-electron chi connectivity index (χ2n) is 3.16. The molecule has 17 heavy (non-hydrogen) atoms. The first kappa shape index (κ1) is 11.7. The second-order valence-corrected chi connectivity index (χ2v) is 4.01. The Morgan fingerprint density at radius 3 is 2.88 bits per heavy atom. The van der Waals surface area contributed by atoms with Gasteiger partial charge in [0.15, 0.2) is 5.76 Å². The van der Waals surface area contributed by atoms with E-state index in [1.807, 2.05) is 18.2 Å². The van der Waals surface area contributed by atoms with Crippen LogP contribution in [0.25, 0.3) is 0 Å². The summed E-state index contributed by atoms with van der Waals surface area (Å²) >= 11 is 3.33. The Kier molecular flexibility index (Phi) is 3.43. The normalized spacial score (nSPS) is 10.2. The van der Waals surface area contributed by atoms with Crippen molar-refractivity contribution in [3.05, 3.63) is 46.6 Å². The maximum atomic E-state index is 10.5. The highest BCUT2D eigenvalue weighted by Crippen LogP contribution is 2.24. The lowest BCUT2D eigenvalue weighted by atomic mass is 10.3. The molecule has 0 amide bonds. The zero-order chi connectivity index (χ0) is 12.3. The zero-order valence-corrected chi connectivity index (χ0v) is 10.2. The minimum absolute atomic E-state index is 0.128. The number of aromatic carboxylic acids is 1. The van der Waals surface area contributed by atoms with E-state index in [0.717, 1.165) is 4.47 Å². The standard InChI is InChI=1S/C11H8BrNO4/c12-8-3-1-2-4-9(8)16-6-7-5-13-10(17-7)11(14)15/h1-5H,6H2,(H,14,15). The third kappa shape index (κ3) is 2.85. The summed E-state index contributed by atoms with van der Waals surface area (Å²) in [6, 6.07) is 7.34. The number of hydrogen-bond acceptors (Lipinski definition) is 4. The van der Waals surface area contributed by atoms with E-state index in [9.17, 15) is 4.79 Å². The number of para-hydroxylation sites is 1. The van der Waals surface area contributed by atoms with Gasteiger partial charge < -0.3 is 14.3 Å². The van der Waals surface area contributed by atoms with Crippen LogP contribution in [0.5, 0.6) is 5.75 Å². The van der Waals surface area contributed by atoms with Gasteiger partial charge in [-0.15, -0.1) is 0 Å². The molecule has 0 spiro atoms. The number of aromatic nitrogens is 1. The van der Waals surface area contributed by atoms with Crippen molar-refractivity contribution >= 4 is 21.9 Å². The fourth-order valence-electron chi connectivity index (χ4n) is 1.18. The number of carboxylic acid groups (broad SMARTS) is 1. The predicted molar refractivity (Wildman–Crippen MR) is 61.9 cm³/mol. The van der Waals surface area contributed by atoms with Gasteiger partial charge in [0.25, 0.3) is 0 Å². The van der Waals surface area contributed by atoms with Crippen LogP contribution in [-0.4, -0.2) is 16.1 Å². The summed E-state index contributed by atoms with van der Waals surface area (Å²) < 4.78 is 11.2. The number of carbonyl (C=O) groups is 1. The third-order valence-corrected chi connectivity index (χ3v) is 2.60. The minimum atomic E-state index is -1.20. The van der Waals surface area contributed by atoms with E-state index in [-0.39, 0.29) is 12.5 Å². The average molecular weight is 298 g/mol. The molecule has 5 nitrogen and oxygen atoms in total. The van der Waals surface area contributed by atoms with Gasteiger partial charge >= 0.3 is 11.9 Å². The molecule has 6 heteroatoms. The van der Waals surface area contributed by atoms with Crippen molar-refractivity contribution in [1.29, 1.82) is 0 Å². The number of benzene rings is 1. The van der Waals surface area contributed by atoms with Gasteiger partial charge in [-0.25, -0.2) is 9.78 Å². The average Bonchev–Trinajstić information content (AvgIpc) is 2.77. The monoisotopic (exact) mass is 297 g/mol. The molecule has 1 N–H and O–H groups in total. The molecule has 0 aliphatic carbocycles. The van der Waals surface area contributed by atoms with Crippen molar-refractivity contribution in [2.75, 3.05) is 0 Å². The van der Waals surface area contributed by atoms with Gasteiger partial charge in [-0.2, -0.15) is 0 Å². The first-order valence-corrected chi connectivity index (χ1v) is 5.51. The van der Waals surface area contributed by atoms with Crippen molar-refractivity contribution in [2.24, 2.45) is 0 Å². The Bertz CT molecular complexity index is 538. The van der Waals surface area contributed by atoms with Crippen molar-refractivity contribution in [3.8, 4) is 5.75 Å². The maximum Gasteiger partial charge on any atom is 0.392 e. The number of carboxylic acids is 1. The molecule has 1 heterocycles. The van der Waals surface area contributed by atoms with E-state index < -0.39 is 5.97 Å². The summed E-state index contributed by atoms with van der Waals surface area (Å²) in [5, 5.41) is 8.62. The highest BCUT2D eigenvalue weighted by atomic mass is 79.9. The summed E-state index contributed by atoms with van der Waals surface area (Å²) in [5.41, 5.74) is 0. The lowest BCUT2D eigenvalue weighted by molar-refractivity contribution is 0.0649. The highest BCUT2D eigenvalue weighted by Gasteiger charge is 2.11. The molecular weight excluding hydrogens is 290 g/mol. The molecule has 0 radical (unpaired) electrons. The van der Waals surface area contributed by atoms with Crippen LogP contribution in [0, 0.1) is 0 Å². The zero-order valence-electron chi connectivity index (χ0n) is 8.59. The highest BCUT2D eigenvalue weighted by molar-refractivity contribution is 9.10. The van der Waals surface area contributed by atoms with Crippen LogP contribution in [0.1, 0.15) is 16.4 Å². The molecule has 0 saturated carbocycles. The fourth-order valence-corrected chi connectivity index (χ4v) is 1.58. The Morgan fingerprint density at radius 2 is 2.24 bits per heavy atom. The molecule has 0 aliphatic rings. The van der Waals surface area contributed by atoms with Crippen molar-refractivity contribution < 1.29 is 19.1 Å². The Morgan fingerprint density at radius 1 is 1.47 bits per heavy atom. The molecule has 0 aliphatic heterocycles. The molecule has 1 aromatic carbocycles. The summed E-state index contributed by atoms with van der Waals surface area (Å²) in [5.74, 6) is -0.521. The maximum absolute atomic E-state index is 10.5. The summed E-state index contributed by atoms with van der Waals surface area (Å²) in [7, 11) is 0. The van der Waals surface area contributed by atoms with Crippen LogP contribution in [-0.2, 0) is 6.61 Å². The summed E-state index contributed by atoms with van der Waals surface area (Å²) in [4.78, 5) is 14.1. The van der Waals surface area contributed by atoms with E-state index in [1.54, 1.807) is 6.07 Å². The van der Waals surface area contributed by atoms with Crippen molar-refractivity contribution in [2.45, 2.75) is 6.61 Å². The number of ether oxygens (including phenoxy) is 1. The lowest BCUT2D eigenvalue weighted by Crippen LogP contribution is -1.96. The second kappa shape index (κ2) is 5.01. The van der Waals surface area contributed by atoms with Crippen LogP contribution >= 0.6 is 15.9 Å². The van der Waals surface area contributed by atoms with Crippen LogP contribution in [0.2, 0.25) is 0 Å². The fraction of sp³-hybridized carbons (Fsp3) is 0.0909. The molecule has 0 fully saturated rings. The molecule has 0 bridgehead atoms. The molecule has 2 rings (SSSR count). The first-order valence-electron chi connectivity index (χ1n) is 4.72. The molecule has 0 atom stereocenters. The number of rotatable bonds is 4. The molecule has 1 aromatic heterocycles. The molecule has 0 unspecified atom stereocenters. The summed E-state index contributed by atoms with van der Waals surface area (Å²) in [6.45, 7) is 0.128. The summed E-state index contributed by atoms with van der Waals surface area (Å²) in [6.07, 6.45) is 1.33. The van der Waals surface area contributed by atoms with Gasteiger partial charge in [-0.3, -0.25) is 0 Å². The van der Waals surface area contributed by atoms with E-state index in [0.29, 0.717) is 11.5 Å². The van der Waals surface area contributed by atoms with Crippen molar-refractivity contribution in [3.63, 3.8) is 0 Å². The first-order chi connectivity index (χ1) is 8.16. The smallest absolute Gasteiger partial charge is 0.392 e. The molecule has 88 valence electrons. The van der Waals surface area contributed by atoms with E-state index >= 15 is 0 Å². The van der Waals surface area contributed by atoms with Crippen molar-refractivity contribution in [1.82, 2.24) is 4.98 Å².